The predicted octanol–water partition coefficient (Wildman–Crippen LogP) is 1.92. The summed E-state index contributed by atoms with van der Waals surface area (Å²) in [6.45, 7) is 9.33. The van der Waals surface area contributed by atoms with Crippen LogP contribution in [0.5, 0.6) is 0 Å². The SMILES string of the molecule is CCNC(=NCCCCN1CCOCC1)NCCc1ccc(S(C)(=O)=O)cc1.I. The molecule has 1 heterocycles. The summed E-state index contributed by atoms with van der Waals surface area (Å²) in [7, 11) is -3.14. The third kappa shape index (κ3) is 10.6. The van der Waals surface area contributed by atoms with Crippen molar-refractivity contribution in [1.82, 2.24) is 15.5 Å². The molecule has 7 nitrogen and oxygen atoms in total. The quantitative estimate of drug-likeness (QED) is 0.205. The van der Waals surface area contributed by atoms with E-state index in [0.717, 1.165) is 83.3 Å². The first kappa shape index (κ1) is 26.1. The minimum Gasteiger partial charge on any atom is -0.379 e. The predicted molar refractivity (Wildman–Crippen MR) is 129 cm³/mol. The summed E-state index contributed by atoms with van der Waals surface area (Å²) in [5, 5.41) is 6.62. The van der Waals surface area contributed by atoms with Gasteiger partial charge in [-0.2, -0.15) is 0 Å². The molecule has 1 fully saturated rings. The first-order valence-corrected chi connectivity index (χ1v) is 12.0. The summed E-state index contributed by atoms with van der Waals surface area (Å²) in [4.78, 5) is 7.45. The first-order chi connectivity index (χ1) is 13.5. The number of nitrogens with zero attached hydrogens (tertiary/aromatic N) is 2. The zero-order valence-corrected chi connectivity index (χ0v) is 20.7. The second-order valence-electron chi connectivity index (χ2n) is 7.01. The Bertz CT molecular complexity index is 705. The molecule has 9 heteroatoms. The minimum atomic E-state index is -3.14. The molecule has 29 heavy (non-hydrogen) atoms. The Kier molecular flexibility index (Phi) is 12.8. The van der Waals surface area contributed by atoms with Crippen molar-refractivity contribution in [3.63, 3.8) is 0 Å². The van der Waals surface area contributed by atoms with E-state index >= 15 is 0 Å². The zero-order valence-electron chi connectivity index (χ0n) is 17.5. The Morgan fingerprint density at radius 2 is 1.83 bits per heavy atom. The van der Waals surface area contributed by atoms with Crippen molar-refractivity contribution in [2.45, 2.75) is 31.1 Å². The standard InChI is InChI=1S/C20H34N4O3S.HI/c1-3-21-20(22-11-4-5-13-24-14-16-27-17-15-24)23-12-10-18-6-8-19(9-7-18)28(2,25)26;/h6-9H,3-5,10-17H2,1-2H3,(H2,21,22,23);1H. The highest BCUT2D eigenvalue weighted by Gasteiger charge is 2.09. The van der Waals surface area contributed by atoms with Crippen LogP contribution >= 0.6 is 24.0 Å². The average Bonchev–Trinajstić information content (AvgIpc) is 2.68. The monoisotopic (exact) mass is 538 g/mol. The van der Waals surface area contributed by atoms with Crippen molar-refractivity contribution in [3.8, 4) is 0 Å². The van der Waals surface area contributed by atoms with Crippen molar-refractivity contribution in [2.24, 2.45) is 4.99 Å². The van der Waals surface area contributed by atoms with Gasteiger partial charge >= 0.3 is 0 Å². The van der Waals surface area contributed by atoms with Gasteiger partial charge in [-0.3, -0.25) is 9.89 Å². The fourth-order valence-corrected chi connectivity index (χ4v) is 3.66. The number of morpholine rings is 1. The van der Waals surface area contributed by atoms with E-state index < -0.39 is 9.84 Å². The van der Waals surface area contributed by atoms with Gasteiger partial charge in [-0.15, -0.1) is 24.0 Å². The number of nitrogens with one attached hydrogen (secondary N) is 2. The summed E-state index contributed by atoms with van der Waals surface area (Å²) in [6, 6.07) is 7.07. The van der Waals surface area contributed by atoms with Gasteiger partial charge in [-0.25, -0.2) is 8.42 Å². The number of hydrogen-bond donors (Lipinski definition) is 2. The lowest BCUT2D eigenvalue weighted by atomic mass is 10.1. The molecule has 0 saturated carbocycles. The molecular formula is C20H35IN4O3S. The van der Waals surface area contributed by atoms with Crippen LogP contribution in [-0.2, 0) is 21.0 Å². The number of ether oxygens (including phenoxy) is 1. The van der Waals surface area contributed by atoms with E-state index in [1.165, 1.54) is 6.26 Å². The van der Waals surface area contributed by atoms with Crippen LogP contribution in [0.3, 0.4) is 0 Å². The fraction of sp³-hybridized carbons (Fsp3) is 0.650. The molecule has 0 aliphatic carbocycles. The Morgan fingerprint density at radius 1 is 1.14 bits per heavy atom. The molecule has 1 aromatic carbocycles. The van der Waals surface area contributed by atoms with E-state index in [1.54, 1.807) is 12.1 Å². The topological polar surface area (TPSA) is 83.0 Å². The molecule has 0 aromatic heterocycles. The Balaban J connectivity index is 0.00000420. The number of sulfone groups is 1. The number of aliphatic imine (C=N–C) groups is 1. The second kappa shape index (κ2) is 14.2. The van der Waals surface area contributed by atoms with E-state index in [-0.39, 0.29) is 24.0 Å². The number of guanidine groups is 1. The van der Waals surface area contributed by atoms with Crippen LogP contribution in [0.25, 0.3) is 0 Å². The van der Waals surface area contributed by atoms with Gasteiger partial charge in [0.1, 0.15) is 0 Å². The third-order valence-electron chi connectivity index (χ3n) is 4.66. The molecule has 2 rings (SSSR count). The van der Waals surface area contributed by atoms with E-state index in [1.807, 2.05) is 12.1 Å². The summed E-state index contributed by atoms with van der Waals surface area (Å²) in [5.41, 5.74) is 1.10. The second-order valence-corrected chi connectivity index (χ2v) is 9.03. The summed E-state index contributed by atoms with van der Waals surface area (Å²) in [6.07, 6.45) is 4.26. The normalized spacial score (nSPS) is 15.6. The van der Waals surface area contributed by atoms with E-state index in [9.17, 15) is 8.42 Å². The fourth-order valence-electron chi connectivity index (χ4n) is 3.03. The van der Waals surface area contributed by atoms with Gasteiger partial charge in [0.15, 0.2) is 15.8 Å². The van der Waals surface area contributed by atoms with Gasteiger partial charge < -0.3 is 15.4 Å². The maximum atomic E-state index is 11.5. The maximum absolute atomic E-state index is 11.5. The van der Waals surface area contributed by atoms with Gasteiger partial charge in [0, 0.05) is 39.0 Å². The molecule has 0 spiro atoms. The lowest BCUT2D eigenvalue weighted by Gasteiger charge is -2.26. The molecule has 166 valence electrons. The van der Waals surface area contributed by atoms with Gasteiger partial charge in [0.2, 0.25) is 0 Å². The van der Waals surface area contributed by atoms with Crippen LogP contribution in [0.2, 0.25) is 0 Å². The molecule has 0 bridgehead atoms. The highest BCUT2D eigenvalue weighted by molar-refractivity contribution is 14.0. The molecule has 1 aromatic rings. The molecule has 2 N–H and O–H groups in total. The summed E-state index contributed by atoms with van der Waals surface area (Å²) < 4.78 is 28.4. The van der Waals surface area contributed by atoms with E-state index in [0.29, 0.717) is 4.90 Å². The Morgan fingerprint density at radius 3 is 2.45 bits per heavy atom. The molecule has 0 amide bonds. The van der Waals surface area contributed by atoms with Gasteiger partial charge in [0.05, 0.1) is 18.1 Å². The van der Waals surface area contributed by atoms with E-state index in [2.05, 4.69) is 27.4 Å². The van der Waals surface area contributed by atoms with Crippen molar-refractivity contribution in [1.29, 1.82) is 0 Å². The molecule has 0 atom stereocenters. The van der Waals surface area contributed by atoms with Crippen molar-refractivity contribution in [2.75, 3.05) is 58.7 Å². The lowest BCUT2D eigenvalue weighted by molar-refractivity contribution is 0.0373. The van der Waals surface area contributed by atoms with Crippen LogP contribution in [-0.4, -0.2) is 78.0 Å². The van der Waals surface area contributed by atoms with Gasteiger partial charge in [-0.1, -0.05) is 12.1 Å². The smallest absolute Gasteiger partial charge is 0.191 e. The minimum absolute atomic E-state index is 0. The van der Waals surface area contributed by atoms with Crippen LogP contribution in [0, 0.1) is 0 Å². The highest BCUT2D eigenvalue weighted by atomic mass is 127. The average molecular weight is 538 g/mol. The van der Waals surface area contributed by atoms with Crippen LogP contribution in [0.1, 0.15) is 25.3 Å². The molecule has 0 unspecified atom stereocenters. The first-order valence-electron chi connectivity index (χ1n) is 10.1. The third-order valence-corrected chi connectivity index (χ3v) is 5.79. The van der Waals surface area contributed by atoms with Crippen molar-refractivity contribution >= 4 is 39.8 Å². The largest absolute Gasteiger partial charge is 0.379 e. The van der Waals surface area contributed by atoms with E-state index in [4.69, 9.17) is 4.74 Å². The summed E-state index contributed by atoms with van der Waals surface area (Å²) in [5.74, 6) is 0.835. The van der Waals surface area contributed by atoms with Crippen LogP contribution < -0.4 is 10.6 Å². The number of rotatable bonds is 10. The molecule has 1 aliphatic rings. The Labute approximate surface area is 192 Å². The molecule has 1 saturated heterocycles. The lowest BCUT2D eigenvalue weighted by Crippen LogP contribution is -2.38. The number of unbranched alkanes of at least 4 members (excludes halogenated alkanes) is 1. The molecule has 1 aliphatic heterocycles. The summed E-state index contributed by atoms with van der Waals surface area (Å²) >= 11 is 0. The van der Waals surface area contributed by atoms with Crippen molar-refractivity contribution < 1.29 is 13.2 Å². The Hall–Kier alpha value is -0.910. The molecule has 0 radical (unpaired) electrons. The number of halogens is 1. The number of hydrogen-bond acceptors (Lipinski definition) is 5. The molecular weight excluding hydrogens is 503 g/mol. The van der Waals surface area contributed by atoms with Crippen LogP contribution in [0.15, 0.2) is 34.2 Å². The van der Waals surface area contributed by atoms with Gasteiger partial charge in [-0.05, 0) is 50.4 Å². The zero-order chi connectivity index (χ0) is 20.2. The van der Waals surface area contributed by atoms with Crippen LogP contribution in [0.4, 0.5) is 0 Å². The van der Waals surface area contributed by atoms with Gasteiger partial charge in [0.25, 0.3) is 0 Å². The van der Waals surface area contributed by atoms with Crippen molar-refractivity contribution in [3.05, 3.63) is 29.8 Å². The highest BCUT2D eigenvalue weighted by Crippen LogP contribution is 2.10. The maximum Gasteiger partial charge on any atom is 0.191 e. The number of benzene rings is 1.